The van der Waals surface area contributed by atoms with Crippen molar-refractivity contribution in [3.63, 3.8) is 0 Å². The van der Waals surface area contributed by atoms with Gasteiger partial charge in [0.05, 0.1) is 5.56 Å². The molecule has 4 N–H and O–H groups in total. The summed E-state index contributed by atoms with van der Waals surface area (Å²) in [5.74, 6) is -1.63. The normalized spacial score (nSPS) is 17.6. The first-order valence-electron chi connectivity index (χ1n) is 6.29. The molecule has 1 aliphatic heterocycles. The Morgan fingerprint density at radius 3 is 2.67 bits per heavy atom. The Bertz CT molecular complexity index is 605. The van der Waals surface area contributed by atoms with Gasteiger partial charge in [0.15, 0.2) is 0 Å². The molecule has 1 aromatic carbocycles. The maximum atomic E-state index is 12.2. The van der Waals surface area contributed by atoms with E-state index in [0.717, 1.165) is 0 Å². The molecule has 3 amide bonds. The fraction of sp³-hybridized carbons (Fsp3) is 0.308. The number of hydrogen-bond donors (Lipinski definition) is 3. The Hall–Kier alpha value is -2.09. The van der Waals surface area contributed by atoms with Gasteiger partial charge in [-0.25, -0.2) is 9.59 Å². The van der Waals surface area contributed by atoms with Gasteiger partial charge in [-0.2, -0.15) is 0 Å². The number of rotatable bonds is 3. The maximum Gasteiger partial charge on any atom is 0.335 e. The molecule has 0 aliphatic carbocycles. The van der Waals surface area contributed by atoms with Gasteiger partial charge < -0.3 is 21.1 Å². The molecule has 1 fully saturated rings. The van der Waals surface area contributed by atoms with E-state index in [0.29, 0.717) is 29.5 Å². The predicted molar refractivity (Wildman–Crippen MR) is 79.0 cm³/mol. The number of nitrogens with two attached hydrogens (primary N) is 1. The fourth-order valence-electron chi connectivity index (χ4n) is 2.29. The SMILES string of the molecule is NC(=O)C1CCCN1C(=O)Nc1cc(Br)cc(C(=O)O)c1. The van der Waals surface area contributed by atoms with E-state index < -0.39 is 23.9 Å². The quantitative estimate of drug-likeness (QED) is 0.764. The average Bonchev–Trinajstić information content (AvgIpc) is 2.87. The van der Waals surface area contributed by atoms with Gasteiger partial charge in [-0.3, -0.25) is 4.79 Å². The van der Waals surface area contributed by atoms with E-state index in [1.807, 2.05) is 0 Å². The first-order valence-corrected chi connectivity index (χ1v) is 7.08. The monoisotopic (exact) mass is 355 g/mol. The molecule has 1 aromatic rings. The van der Waals surface area contributed by atoms with Crippen molar-refractivity contribution in [3.05, 3.63) is 28.2 Å². The molecule has 21 heavy (non-hydrogen) atoms. The van der Waals surface area contributed by atoms with Crippen LogP contribution in [0, 0.1) is 0 Å². The minimum absolute atomic E-state index is 0.0487. The molecule has 1 saturated heterocycles. The Balaban J connectivity index is 2.16. The van der Waals surface area contributed by atoms with Crippen LogP contribution in [0.25, 0.3) is 0 Å². The molecule has 1 unspecified atom stereocenters. The number of carboxylic acids is 1. The van der Waals surface area contributed by atoms with Crippen molar-refractivity contribution in [1.82, 2.24) is 4.90 Å². The van der Waals surface area contributed by atoms with Crippen LogP contribution in [0.1, 0.15) is 23.2 Å². The molecule has 0 saturated carbocycles. The number of likely N-dealkylation sites (tertiary alicyclic amines) is 1. The maximum absolute atomic E-state index is 12.2. The number of primary amides is 1. The number of carbonyl (C=O) groups excluding carboxylic acids is 2. The average molecular weight is 356 g/mol. The Morgan fingerprint density at radius 1 is 1.33 bits per heavy atom. The van der Waals surface area contributed by atoms with Crippen molar-refractivity contribution < 1.29 is 19.5 Å². The zero-order valence-corrected chi connectivity index (χ0v) is 12.6. The lowest BCUT2D eigenvalue weighted by Gasteiger charge is -2.22. The number of nitrogens with one attached hydrogen (secondary N) is 1. The van der Waals surface area contributed by atoms with E-state index in [9.17, 15) is 14.4 Å². The van der Waals surface area contributed by atoms with Gasteiger partial charge in [0.25, 0.3) is 0 Å². The van der Waals surface area contributed by atoms with Crippen molar-refractivity contribution in [2.24, 2.45) is 5.73 Å². The van der Waals surface area contributed by atoms with E-state index in [4.69, 9.17) is 10.8 Å². The number of halogens is 1. The van der Waals surface area contributed by atoms with Crippen LogP contribution in [0.3, 0.4) is 0 Å². The number of carbonyl (C=O) groups is 3. The van der Waals surface area contributed by atoms with Gasteiger partial charge in [0.1, 0.15) is 6.04 Å². The minimum Gasteiger partial charge on any atom is -0.478 e. The second kappa shape index (κ2) is 6.13. The number of nitrogens with zero attached hydrogens (tertiary/aromatic N) is 1. The first-order chi connectivity index (χ1) is 9.88. The van der Waals surface area contributed by atoms with E-state index in [-0.39, 0.29) is 5.56 Å². The second-order valence-electron chi connectivity index (χ2n) is 4.72. The largest absolute Gasteiger partial charge is 0.478 e. The summed E-state index contributed by atoms with van der Waals surface area (Å²) in [7, 11) is 0. The van der Waals surface area contributed by atoms with Crippen LogP contribution in [0.4, 0.5) is 10.5 Å². The van der Waals surface area contributed by atoms with E-state index in [2.05, 4.69) is 21.2 Å². The van der Waals surface area contributed by atoms with E-state index in [1.54, 1.807) is 6.07 Å². The van der Waals surface area contributed by atoms with E-state index in [1.165, 1.54) is 17.0 Å². The summed E-state index contributed by atoms with van der Waals surface area (Å²) in [6.07, 6.45) is 1.25. The highest BCUT2D eigenvalue weighted by atomic mass is 79.9. The predicted octanol–water partition coefficient (Wildman–Crippen LogP) is 1.63. The standard InChI is InChI=1S/C13H14BrN3O4/c14-8-4-7(12(19)20)5-9(6-8)16-13(21)17-3-1-2-10(17)11(15)18/h4-6,10H,1-3H2,(H2,15,18)(H,16,21)(H,19,20). The lowest BCUT2D eigenvalue weighted by atomic mass is 10.2. The lowest BCUT2D eigenvalue weighted by molar-refractivity contribution is -0.121. The topological polar surface area (TPSA) is 113 Å². The number of hydrogen-bond acceptors (Lipinski definition) is 3. The molecule has 0 spiro atoms. The summed E-state index contributed by atoms with van der Waals surface area (Å²) in [5, 5.41) is 11.6. The molecule has 7 nitrogen and oxygen atoms in total. The Morgan fingerprint density at radius 2 is 2.05 bits per heavy atom. The number of urea groups is 1. The third kappa shape index (κ3) is 3.52. The van der Waals surface area contributed by atoms with Crippen LogP contribution in [0.15, 0.2) is 22.7 Å². The van der Waals surface area contributed by atoms with Gasteiger partial charge in [-0.15, -0.1) is 0 Å². The number of benzene rings is 1. The molecular formula is C13H14BrN3O4. The molecule has 1 aliphatic rings. The van der Waals surface area contributed by atoms with Crippen LogP contribution < -0.4 is 11.1 Å². The van der Waals surface area contributed by atoms with Crippen molar-refractivity contribution in [2.75, 3.05) is 11.9 Å². The zero-order valence-electron chi connectivity index (χ0n) is 11.0. The van der Waals surface area contributed by atoms with Crippen LogP contribution in [-0.2, 0) is 4.79 Å². The number of anilines is 1. The van der Waals surface area contributed by atoms with Crippen molar-refractivity contribution >= 4 is 39.5 Å². The van der Waals surface area contributed by atoms with Crippen LogP contribution in [0.2, 0.25) is 0 Å². The van der Waals surface area contributed by atoms with Gasteiger partial charge >= 0.3 is 12.0 Å². The van der Waals surface area contributed by atoms with Gasteiger partial charge in [-0.05, 0) is 31.0 Å². The number of aromatic carboxylic acids is 1. The van der Waals surface area contributed by atoms with E-state index >= 15 is 0 Å². The minimum atomic E-state index is -1.09. The summed E-state index contributed by atoms with van der Waals surface area (Å²) in [4.78, 5) is 35.8. The zero-order chi connectivity index (χ0) is 15.6. The summed E-state index contributed by atoms with van der Waals surface area (Å²) in [6, 6.07) is 3.28. The fourth-order valence-corrected chi connectivity index (χ4v) is 2.78. The molecule has 0 radical (unpaired) electrons. The highest BCUT2D eigenvalue weighted by molar-refractivity contribution is 9.10. The van der Waals surface area contributed by atoms with Crippen molar-refractivity contribution in [1.29, 1.82) is 0 Å². The third-order valence-electron chi connectivity index (χ3n) is 3.24. The molecule has 0 bridgehead atoms. The van der Waals surface area contributed by atoms with Crippen LogP contribution in [0.5, 0.6) is 0 Å². The molecule has 2 rings (SSSR count). The summed E-state index contributed by atoms with van der Waals surface area (Å²) in [6.45, 7) is 0.444. The smallest absolute Gasteiger partial charge is 0.335 e. The number of carboxylic acid groups (broad SMARTS) is 1. The third-order valence-corrected chi connectivity index (χ3v) is 3.70. The van der Waals surface area contributed by atoms with Gasteiger partial charge in [-0.1, -0.05) is 15.9 Å². The van der Waals surface area contributed by atoms with Crippen molar-refractivity contribution in [3.8, 4) is 0 Å². The second-order valence-corrected chi connectivity index (χ2v) is 5.63. The molecule has 1 heterocycles. The first kappa shape index (κ1) is 15.3. The number of amides is 3. The van der Waals surface area contributed by atoms with Crippen LogP contribution >= 0.6 is 15.9 Å². The van der Waals surface area contributed by atoms with Crippen LogP contribution in [-0.4, -0.2) is 40.5 Å². The van der Waals surface area contributed by atoms with Gasteiger partial charge in [0, 0.05) is 16.7 Å². The summed E-state index contributed by atoms with van der Waals surface area (Å²) in [5.41, 5.74) is 5.65. The molecule has 0 aromatic heterocycles. The summed E-state index contributed by atoms with van der Waals surface area (Å²) < 4.78 is 0.533. The van der Waals surface area contributed by atoms with Gasteiger partial charge in [0.2, 0.25) is 5.91 Å². The molecule has 112 valence electrons. The molecule has 8 heteroatoms. The highest BCUT2D eigenvalue weighted by Crippen LogP contribution is 2.22. The summed E-state index contributed by atoms with van der Waals surface area (Å²) >= 11 is 3.19. The lowest BCUT2D eigenvalue weighted by Crippen LogP contribution is -2.45. The van der Waals surface area contributed by atoms with Crippen molar-refractivity contribution in [2.45, 2.75) is 18.9 Å². The highest BCUT2D eigenvalue weighted by Gasteiger charge is 2.32. The Labute approximate surface area is 129 Å². The Kier molecular flexibility index (Phi) is 4.46. The molecule has 1 atom stereocenters. The molecular weight excluding hydrogens is 342 g/mol.